The summed E-state index contributed by atoms with van der Waals surface area (Å²) in [5, 5.41) is 0. The Morgan fingerprint density at radius 2 is 2.00 bits per heavy atom. The minimum absolute atomic E-state index is 0.0196. The molecule has 2 aromatic heterocycles. The summed E-state index contributed by atoms with van der Waals surface area (Å²) in [4.78, 5) is 23.3. The molecule has 86 valence electrons. The SMILES string of the molecule is Nc1ccc(C(=O)OCc2ncccn2)nc1. The number of rotatable bonds is 3. The van der Waals surface area contributed by atoms with Gasteiger partial charge in [-0.05, 0) is 18.2 Å². The van der Waals surface area contributed by atoms with Gasteiger partial charge in [-0.3, -0.25) is 0 Å². The fraction of sp³-hybridized carbons (Fsp3) is 0.0909. The summed E-state index contributed by atoms with van der Waals surface area (Å²) in [7, 11) is 0. The number of hydrogen-bond acceptors (Lipinski definition) is 6. The number of carbonyl (C=O) groups excluding carboxylic acids is 1. The quantitative estimate of drug-likeness (QED) is 0.784. The van der Waals surface area contributed by atoms with Gasteiger partial charge in [0.05, 0.1) is 11.9 Å². The molecule has 2 heterocycles. The van der Waals surface area contributed by atoms with Crippen LogP contribution in [0.25, 0.3) is 0 Å². The molecule has 0 saturated heterocycles. The summed E-state index contributed by atoms with van der Waals surface area (Å²) in [6.45, 7) is 0.0196. The van der Waals surface area contributed by atoms with Crippen LogP contribution in [0.2, 0.25) is 0 Å². The van der Waals surface area contributed by atoms with E-state index in [0.717, 1.165) is 0 Å². The van der Waals surface area contributed by atoms with E-state index >= 15 is 0 Å². The minimum atomic E-state index is -0.530. The van der Waals surface area contributed by atoms with Crippen molar-refractivity contribution in [1.82, 2.24) is 15.0 Å². The molecule has 0 fully saturated rings. The summed E-state index contributed by atoms with van der Waals surface area (Å²) in [6, 6.07) is 4.78. The molecular formula is C11H10N4O2. The average molecular weight is 230 g/mol. The lowest BCUT2D eigenvalue weighted by Gasteiger charge is -2.02. The smallest absolute Gasteiger partial charge is 0.357 e. The zero-order valence-corrected chi connectivity index (χ0v) is 8.91. The van der Waals surface area contributed by atoms with E-state index in [-0.39, 0.29) is 12.3 Å². The molecule has 6 nitrogen and oxygen atoms in total. The average Bonchev–Trinajstić information content (AvgIpc) is 2.38. The first-order chi connectivity index (χ1) is 8.25. The van der Waals surface area contributed by atoms with Crippen molar-refractivity contribution in [3.05, 3.63) is 48.3 Å². The highest BCUT2D eigenvalue weighted by Gasteiger charge is 2.09. The van der Waals surface area contributed by atoms with Crippen molar-refractivity contribution < 1.29 is 9.53 Å². The maximum Gasteiger partial charge on any atom is 0.357 e. The van der Waals surface area contributed by atoms with Gasteiger partial charge < -0.3 is 10.5 Å². The van der Waals surface area contributed by atoms with Crippen LogP contribution in [0.1, 0.15) is 16.3 Å². The predicted octanol–water partition coefficient (Wildman–Crippen LogP) is 0.811. The summed E-state index contributed by atoms with van der Waals surface area (Å²) in [6.07, 6.45) is 4.56. The first kappa shape index (κ1) is 11.0. The molecule has 0 unspecified atom stereocenters. The van der Waals surface area contributed by atoms with Crippen molar-refractivity contribution in [2.24, 2.45) is 0 Å². The first-order valence-corrected chi connectivity index (χ1v) is 4.90. The van der Waals surface area contributed by atoms with Gasteiger partial charge in [0.25, 0.3) is 0 Å². The molecule has 0 bridgehead atoms. The Bertz CT molecular complexity index is 499. The summed E-state index contributed by atoms with van der Waals surface area (Å²) in [5.74, 6) is -0.0891. The van der Waals surface area contributed by atoms with E-state index in [2.05, 4.69) is 15.0 Å². The zero-order chi connectivity index (χ0) is 12.1. The van der Waals surface area contributed by atoms with Crippen LogP contribution in [-0.4, -0.2) is 20.9 Å². The Morgan fingerprint density at radius 1 is 1.24 bits per heavy atom. The van der Waals surface area contributed by atoms with Gasteiger partial charge in [0.15, 0.2) is 12.4 Å². The molecule has 2 rings (SSSR count). The second-order valence-corrected chi connectivity index (χ2v) is 3.22. The number of carbonyl (C=O) groups is 1. The number of nitrogens with two attached hydrogens (primary N) is 1. The van der Waals surface area contributed by atoms with E-state index in [9.17, 15) is 4.79 Å². The number of pyridine rings is 1. The van der Waals surface area contributed by atoms with Crippen LogP contribution in [0.15, 0.2) is 36.8 Å². The second kappa shape index (κ2) is 5.02. The minimum Gasteiger partial charge on any atom is -0.453 e. The third kappa shape index (κ3) is 2.97. The van der Waals surface area contributed by atoms with Gasteiger partial charge in [-0.2, -0.15) is 0 Å². The third-order valence-corrected chi connectivity index (χ3v) is 1.95. The van der Waals surface area contributed by atoms with Crippen molar-refractivity contribution in [3.8, 4) is 0 Å². The highest BCUT2D eigenvalue weighted by atomic mass is 16.5. The summed E-state index contributed by atoms with van der Waals surface area (Å²) < 4.78 is 4.99. The van der Waals surface area contributed by atoms with Crippen LogP contribution < -0.4 is 5.73 Å². The van der Waals surface area contributed by atoms with Crippen LogP contribution in [0.4, 0.5) is 5.69 Å². The molecule has 0 spiro atoms. The normalized spacial score (nSPS) is 9.88. The lowest BCUT2D eigenvalue weighted by Crippen LogP contribution is -2.09. The van der Waals surface area contributed by atoms with Gasteiger partial charge >= 0.3 is 5.97 Å². The molecule has 0 aliphatic carbocycles. The van der Waals surface area contributed by atoms with Crippen LogP contribution in [0, 0.1) is 0 Å². The highest BCUT2D eigenvalue weighted by molar-refractivity contribution is 5.87. The van der Waals surface area contributed by atoms with E-state index in [1.807, 2.05) is 0 Å². The molecule has 2 N–H and O–H groups in total. The summed E-state index contributed by atoms with van der Waals surface area (Å²) in [5.41, 5.74) is 6.15. The maximum atomic E-state index is 11.5. The molecule has 17 heavy (non-hydrogen) atoms. The van der Waals surface area contributed by atoms with Crippen molar-refractivity contribution in [2.75, 3.05) is 5.73 Å². The molecule has 2 aromatic rings. The van der Waals surface area contributed by atoms with Crippen molar-refractivity contribution in [3.63, 3.8) is 0 Å². The monoisotopic (exact) mass is 230 g/mol. The van der Waals surface area contributed by atoms with Gasteiger partial charge in [-0.1, -0.05) is 0 Å². The van der Waals surface area contributed by atoms with Crippen molar-refractivity contribution >= 4 is 11.7 Å². The molecule has 0 aliphatic rings. The lowest BCUT2D eigenvalue weighted by molar-refractivity contribution is 0.0455. The number of esters is 1. The second-order valence-electron chi connectivity index (χ2n) is 3.22. The van der Waals surface area contributed by atoms with E-state index < -0.39 is 5.97 Å². The highest BCUT2D eigenvalue weighted by Crippen LogP contribution is 2.03. The number of anilines is 1. The number of nitrogens with zero attached hydrogens (tertiary/aromatic N) is 3. The predicted molar refractivity (Wildman–Crippen MR) is 59.8 cm³/mol. The van der Waals surface area contributed by atoms with Gasteiger partial charge in [-0.25, -0.2) is 19.7 Å². The molecule has 0 radical (unpaired) electrons. The Balaban J connectivity index is 1.96. The Hall–Kier alpha value is -2.50. The standard InChI is InChI=1S/C11H10N4O2/c12-8-2-3-9(15-6-8)11(16)17-7-10-13-4-1-5-14-10/h1-6H,7,12H2. The number of hydrogen-bond donors (Lipinski definition) is 1. The maximum absolute atomic E-state index is 11.5. The van der Waals surface area contributed by atoms with Crippen LogP contribution in [-0.2, 0) is 11.3 Å². The number of aromatic nitrogens is 3. The topological polar surface area (TPSA) is 91.0 Å². The molecule has 0 amide bonds. The van der Waals surface area contributed by atoms with E-state index in [1.165, 1.54) is 12.3 Å². The fourth-order valence-corrected chi connectivity index (χ4v) is 1.13. The van der Waals surface area contributed by atoms with E-state index in [1.54, 1.807) is 24.5 Å². The van der Waals surface area contributed by atoms with Gasteiger partial charge in [0.1, 0.15) is 5.69 Å². The number of ether oxygens (including phenoxy) is 1. The van der Waals surface area contributed by atoms with Crippen LogP contribution in [0.5, 0.6) is 0 Å². The largest absolute Gasteiger partial charge is 0.453 e. The molecule has 0 aliphatic heterocycles. The molecule has 0 saturated carbocycles. The molecule has 0 aromatic carbocycles. The number of nitrogen functional groups attached to an aromatic ring is 1. The Labute approximate surface area is 97.5 Å². The molecular weight excluding hydrogens is 220 g/mol. The Kier molecular flexibility index (Phi) is 3.25. The third-order valence-electron chi connectivity index (χ3n) is 1.95. The molecule has 0 atom stereocenters. The van der Waals surface area contributed by atoms with Crippen molar-refractivity contribution in [1.29, 1.82) is 0 Å². The Morgan fingerprint density at radius 3 is 2.65 bits per heavy atom. The van der Waals surface area contributed by atoms with Crippen LogP contribution >= 0.6 is 0 Å². The fourth-order valence-electron chi connectivity index (χ4n) is 1.13. The summed E-state index contributed by atoms with van der Waals surface area (Å²) >= 11 is 0. The van der Waals surface area contributed by atoms with Gasteiger partial charge in [-0.15, -0.1) is 0 Å². The zero-order valence-electron chi connectivity index (χ0n) is 8.91. The first-order valence-electron chi connectivity index (χ1n) is 4.90. The lowest BCUT2D eigenvalue weighted by atomic mass is 10.3. The van der Waals surface area contributed by atoms with Crippen molar-refractivity contribution in [2.45, 2.75) is 6.61 Å². The van der Waals surface area contributed by atoms with E-state index in [0.29, 0.717) is 11.5 Å². The van der Waals surface area contributed by atoms with Crippen LogP contribution in [0.3, 0.4) is 0 Å². The van der Waals surface area contributed by atoms with Gasteiger partial charge in [0.2, 0.25) is 0 Å². The molecule has 6 heteroatoms. The van der Waals surface area contributed by atoms with Gasteiger partial charge in [0, 0.05) is 12.4 Å². The van der Waals surface area contributed by atoms with E-state index in [4.69, 9.17) is 10.5 Å².